The van der Waals surface area contributed by atoms with Crippen LogP contribution in [-0.4, -0.2) is 10.2 Å². The summed E-state index contributed by atoms with van der Waals surface area (Å²) in [5.41, 5.74) is 3.70. The molecule has 0 radical (unpaired) electrons. The Bertz CT molecular complexity index is 542. The van der Waals surface area contributed by atoms with E-state index < -0.39 is 0 Å². The SMILES string of the molecule is Clc1ccc2c(c1)CCC2NCc1cccnn1. The van der Waals surface area contributed by atoms with Crippen LogP contribution in [0.5, 0.6) is 0 Å². The lowest BCUT2D eigenvalue weighted by atomic mass is 10.1. The van der Waals surface area contributed by atoms with Crippen molar-refractivity contribution in [3.05, 3.63) is 58.4 Å². The highest BCUT2D eigenvalue weighted by molar-refractivity contribution is 6.30. The molecule has 92 valence electrons. The zero-order chi connectivity index (χ0) is 12.4. The molecule has 1 atom stereocenters. The van der Waals surface area contributed by atoms with Crippen LogP contribution in [0.2, 0.25) is 5.02 Å². The largest absolute Gasteiger partial charge is 0.304 e. The first-order valence-corrected chi connectivity index (χ1v) is 6.49. The Morgan fingerprint density at radius 2 is 2.28 bits per heavy atom. The number of hydrogen-bond donors (Lipinski definition) is 1. The van der Waals surface area contributed by atoms with Crippen LogP contribution >= 0.6 is 11.6 Å². The first kappa shape index (κ1) is 11.6. The number of halogens is 1. The molecular formula is C14H14ClN3. The summed E-state index contributed by atoms with van der Waals surface area (Å²) in [5.74, 6) is 0. The molecule has 1 unspecified atom stereocenters. The Labute approximate surface area is 111 Å². The van der Waals surface area contributed by atoms with Crippen molar-refractivity contribution < 1.29 is 0 Å². The minimum Gasteiger partial charge on any atom is -0.304 e. The van der Waals surface area contributed by atoms with Crippen molar-refractivity contribution >= 4 is 11.6 Å². The molecule has 3 nitrogen and oxygen atoms in total. The minimum atomic E-state index is 0.402. The van der Waals surface area contributed by atoms with Crippen molar-refractivity contribution in [2.75, 3.05) is 0 Å². The number of benzene rings is 1. The predicted octanol–water partition coefficient (Wildman–Crippen LogP) is 2.91. The Kier molecular flexibility index (Phi) is 3.26. The van der Waals surface area contributed by atoms with Gasteiger partial charge in [-0.05, 0) is 48.2 Å². The van der Waals surface area contributed by atoms with Crippen LogP contribution in [0.1, 0.15) is 29.3 Å². The van der Waals surface area contributed by atoms with E-state index in [0.29, 0.717) is 6.04 Å². The van der Waals surface area contributed by atoms with Gasteiger partial charge in [0.2, 0.25) is 0 Å². The van der Waals surface area contributed by atoms with E-state index in [1.54, 1.807) is 6.20 Å². The third-order valence-electron chi connectivity index (χ3n) is 3.34. The van der Waals surface area contributed by atoms with E-state index in [-0.39, 0.29) is 0 Å². The van der Waals surface area contributed by atoms with E-state index in [1.165, 1.54) is 11.1 Å². The molecule has 1 N–H and O–H groups in total. The maximum Gasteiger partial charge on any atom is 0.0769 e. The van der Waals surface area contributed by atoms with Gasteiger partial charge in [-0.1, -0.05) is 17.7 Å². The van der Waals surface area contributed by atoms with Gasteiger partial charge in [-0.3, -0.25) is 0 Å². The highest BCUT2D eigenvalue weighted by atomic mass is 35.5. The van der Waals surface area contributed by atoms with E-state index in [1.807, 2.05) is 18.2 Å². The Hall–Kier alpha value is -1.45. The Balaban J connectivity index is 1.70. The second kappa shape index (κ2) is 5.04. The fourth-order valence-corrected chi connectivity index (χ4v) is 2.65. The number of rotatable bonds is 3. The highest BCUT2D eigenvalue weighted by Crippen LogP contribution is 2.32. The van der Waals surface area contributed by atoms with Crippen molar-refractivity contribution in [2.24, 2.45) is 0 Å². The normalized spacial score (nSPS) is 17.7. The van der Waals surface area contributed by atoms with Gasteiger partial charge >= 0.3 is 0 Å². The van der Waals surface area contributed by atoms with Gasteiger partial charge in [0.05, 0.1) is 5.69 Å². The van der Waals surface area contributed by atoms with Crippen molar-refractivity contribution in [3.63, 3.8) is 0 Å². The summed E-state index contributed by atoms with van der Waals surface area (Å²) < 4.78 is 0. The maximum absolute atomic E-state index is 6.01. The molecular weight excluding hydrogens is 246 g/mol. The second-order valence-electron chi connectivity index (χ2n) is 4.53. The molecule has 1 aliphatic carbocycles. The number of aromatic nitrogens is 2. The lowest BCUT2D eigenvalue weighted by Gasteiger charge is -2.13. The summed E-state index contributed by atoms with van der Waals surface area (Å²) in [4.78, 5) is 0. The number of nitrogens with one attached hydrogen (secondary N) is 1. The summed E-state index contributed by atoms with van der Waals surface area (Å²) in [6, 6.07) is 10.5. The number of aryl methyl sites for hydroxylation is 1. The average Bonchev–Trinajstić information content (AvgIpc) is 2.80. The molecule has 0 fully saturated rings. The van der Waals surface area contributed by atoms with Crippen LogP contribution in [0.15, 0.2) is 36.5 Å². The van der Waals surface area contributed by atoms with Crippen molar-refractivity contribution in [1.29, 1.82) is 0 Å². The van der Waals surface area contributed by atoms with Crippen LogP contribution in [0.25, 0.3) is 0 Å². The topological polar surface area (TPSA) is 37.8 Å². The third-order valence-corrected chi connectivity index (χ3v) is 3.57. The number of hydrogen-bond acceptors (Lipinski definition) is 3. The minimum absolute atomic E-state index is 0.402. The van der Waals surface area contributed by atoms with Crippen molar-refractivity contribution in [3.8, 4) is 0 Å². The van der Waals surface area contributed by atoms with Crippen LogP contribution < -0.4 is 5.32 Å². The summed E-state index contributed by atoms with van der Waals surface area (Å²) >= 11 is 6.01. The van der Waals surface area contributed by atoms with E-state index in [4.69, 9.17) is 11.6 Å². The summed E-state index contributed by atoms with van der Waals surface area (Å²) in [6.45, 7) is 0.751. The molecule has 0 saturated carbocycles. The smallest absolute Gasteiger partial charge is 0.0769 e. The number of fused-ring (bicyclic) bond motifs is 1. The highest BCUT2D eigenvalue weighted by Gasteiger charge is 2.21. The Morgan fingerprint density at radius 1 is 1.33 bits per heavy atom. The zero-order valence-corrected chi connectivity index (χ0v) is 10.7. The van der Waals surface area contributed by atoms with Gasteiger partial charge in [-0.15, -0.1) is 0 Å². The fourth-order valence-electron chi connectivity index (χ4n) is 2.45. The van der Waals surface area contributed by atoms with Gasteiger partial charge in [0, 0.05) is 23.8 Å². The molecule has 2 aromatic rings. The van der Waals surface area contributed by atoms with E-state index >= 15 is 0 Å². The molecule has 4 heteroatoms. The van der Waals surface area contributed by atoms with Gasteiger partial charge < -0.3 is 5.32 Å². The quantitative estimate of drug-likeness (QED) is 0.921. The van der Waals surface area contributed by atoms with Crippen molar-refractivity contribution in [1.82, 2.24) is 15.5 Å². The molecule has 1 aromatic carbocycles. The van der Waals surface area contributed by atoms with Crippen LogP contribution in [0.3, 0.4) is 0 Å². The molecule has 0 bridgehead atoms. The van der Waals surface area contributed by atoms with Crippen molar-refractivity contribution in [2.45, 2.75) is 25.4 Å². The molecule has 0 saturated heterocycles. The van der Waals surface area contributed by atoms with Gasteiger partial charge in [-0.2, -0.15) is 10.2 Å². The van der Waals surface area contributed by atoms with Crippen LogP contribution in [-0.2, 0) is 13.0 Å². The summed E-state index contributed by atoms with van der Waals surface area (Å²) in [7, 11) is 0. The molecule has 1 aromatic heterocycles. The first-order valence-electron chi connectivity index (χ1n) is 6.11. The second-order valence-corrected chi connectivity index (χ2v) is 4.97. The lowest BCUT2D eigenvalue weighted by Crippen LogP contribution is -2.19. The molecule has 0 spiro atoms. The average molecular weight is 260 g/mol. The Morgan fingerprint density at radius 3 is 3.11 bits per heavy atom. The molecule has 1 aliphatic rings. The monoisotopic (exact) mass is 259 g/mol. The fraction of sp³-hybridized carbons (Fsp3) is 0.286. The van der Waals surface area contributed by atoms with E-state index in [0.717, 1.165) is 30.1 Å². The molecule has 0 amide bonds. The zero-order valence-electron chi connectivity index (χ0n) is 9.94. The van der Waals surface area contributed by atoms with Crippen LogP contribution in [0.4, 0.5) is 0 Å². The third kappa shape index (κ3) is 2.37. The van der Waals surface area contributed by atoms with Gasteiger partial charge in [0.15, 0.2) is 0 Å². The summed E-state index contributed by atoms with van der Waals surface area (Å²) in [6.07, 6.45) is 3.90. The first-order chi connectivity index (χ1) is 8.83. The van der Waals surface area contributed by atoms with Gasteiger partial charge in [-0.25, -0.2) is 0 Å². The summed E-state index contributed by atoms with van der Waals surface area (Å²) in [5, 5.41) is 12.3. The van der Waals surface area contributed by atoms with Gasteiger partial charge in [0.25, 0.3) is 0 Å². The lowest BCUT2D eigenvalue weighted by molar-refractivity contribution is 0.523. The standard InChI is InChI=1S/C14H14ClN3/c15-11-4-5-13-10(8-11)3-6-14(13)16-9-12-2-1-7-17-18-12/h1-2,4-5,7-8,14,16H,3,6,9H2. The molecule has 18 heavy (non-hydrogen) atoms. The predicted molar refractivity (Wildman–Crippen MR) is 71.4 cm³/mol. The maximum atomic E-state index is 6.01. The van der Waals surface area contributed by atoms with Gasteiger partial charge in [0.1, 0.15) is 0 Å². The molecule has 1 heterocycles. The van der Waals surface area contributed by atoms with Crippen LogP contribution in [0, 0.1) is 0 Å². The molecule has 0 aliphatic heterocycles. The van der Waals surface area contributed by atoms with E-state index in [9.17, 15) is 0 Å². The molecule has 3 rings (SSSR count). The van der Waals surface area contributed by atoms with E-state index in [2.05, 4.69) is 27.6 Å². The number of nitrogens with zero attached hydrogens (tertiary/aromatic N) is 2.